The number of imidazole rings is 1. The summed E-state index contributed by atoms with van der Waals surface area (Å²) in [5.41, 5.74) is 1.22. The van der Waals surface area contributed by atoms with Crippen LogP contribution < -0.4 is 0 Å². The molecule has 0 fully saturated rings. The van der Waals surface area contributed by atoms with Gasteiger partial charge in [-0.2, -0.15) is 0 Å². The number of aromatic nitrogens is 2. The van der Waals surface area contributed by atoms with Crippen LogP contribution in [0.4, 0.5) is 4.39 Å². The molecule has 0 saturated heterocycles. The summed E-state index contributed by atoms with van der Waals surface area (Å²) in [6.45, 7) is 4.52. The molecule has 2 rings (SSSR count). The third kappa shape index (κ3) is 2.47. The largest absolute Gasteiger partial charge is 0.335 e. The topological polar surface area (TPSA) is 34.9 Å². The molecule has 0 aliphatic heterocycles. The molecule has 2 aromatic rings. The Kier molecular flexibility index (Phi) is 3.55. The number of hydrogen-bond donors (Lipinski definition) is 0. The van der Waals surface area contributed by atoms with Crippen molar-refractivity contribution in [3.05, 3.63) is 53.4 Å². The molecule has 94 valence electrons. The zero-order chi connectivity index (χ0) is 13.1. The lowest BCUT2D eigenvalue weighted by Crippen LogP contribution is -2.11. The number of carbonyl (C=O) groups excluding carboxylic acids is 1. The number of benzene rings is 1. The molecule has 0 bridgehead atoms. The van der Waals surface area contributed by atoms with Gasteiger partial charge >= 0.3 is 0 Å². The number of rotatable bonds is 4. The van der Waals surface area contributed by atoms with Crippen LogP contribution in [0.1, 0.15) is 28.7 Å². The third-order valence-corrected chi connectivity index (χ3v) is 2.95. The summed E-state index contributed by atoms with van der Waals surface area (Å²) in [5.74, 6) is 0.388. The molecule has 0 N–H and O–H groups in total. The fourth-order valence-corrected chi connectivity index (χ4v) is 1.97. The molecular formula is C14H15FN2O. The molecule has 0 aliphatic rings. The lowest BCUT2D eigenvalue weighted by atomic mass is 10.0. The molecule has 0 amide bonds. The average molecular weight is 246 g/mol. The van der Waals surface area contributed by atoms with E-state index in [0.29, 0.717) is 11.1 Å². The molecule has 18 heavy (non-hydrogen) atoms. The lowest BCUT2D eigenvalue weighted by Gasteiger charge is -2.06. The van der Waals surface area contributed by atoms with Gasteiger partial charge in [0.25, 0.3) is 0 Å². The Morgan fingerprint density at radius 3 is 2.89 bits per heavy atom. The number of nitrogens with zero attached hydrogens (tertiary/aromatic N) is 2. The Hall–Kier alpha value is -1.97. The van der Waals surface area contributed by atoms with Crippen LogP contribution in [0.2, 0.25) is 0 Å². The van der Waals surface area contributed by atoms with E-state index in [4.69, 9.17) is 0 Å². The molecule has 0 radical (unpaired) electrons. The second kappa shape index (κ2) is 5.12. The van der Waals surface area contributed by atoms with Crippen molar-refractivity contribution in [2.45, 2.75) is 26.8 Å². The van der Waals surface area contributed by atoms with Crippen LogP contribution in [0.5, 0.6) is 0 Å². The van der Waals surface area contributed by atoms with Crippen LogP contribution in [-0.2, 0) is 13.0 Å². The Bertz CT molecular complexity index is 575. The Balaban J connectivity index is 2.22. The first-order valence-electron chi connectivity index (χ1n) is 5.91. The molecule has 0 unspecified atom stereocenters. The van der Waals surface area contributed by atoms with Gasteiger partial charge in [-0.05, 0) is 37.6 Å². The predicted octanol–water partition coefficient (Wildman–Crippen LogP) is 2.78. The van der Waals surface area contributed by atoms with Crippen molar-refractivity contribution in [2.75, 3.05) is 0 Å². The minimum atomic E-state index is -0.320. The van der Waals surface area contributed by atoms with Crippen LogP contribution in [0.25, 0.3) is 0 Å². The van der Waals surface area contributed by atoms with E-state index in [1.165, 1.54) is 18.2 Å². The summed E-state index contributed by atoms with van der Waals surface area (Å²) in [4.78, 5) is 16.3. The van der Waals surface area contributed by atoms with Gasteiger partial charge in [0, 0.05) is 24.5 Å². The van der Waals surface area contributed by atoms with E-state index >= 15 is 0 Å². The zero-order valence-electron chi connectivity index (χ0n) is 10.5. The van der Waals surface area contributed by atoms with Crippen molar-refractivity contribution in [3.8, 4) is 0 Å². The molecule has 1 heterocycles. The first-order valence-corrected chi connectivity index (χ1v) is 5.91. The van der Waals surface area contributed by atoms with Crippen LogP contribution in [0, 0.1) is 12.7 Å². The molecule has 0 aliphatic carbocycles. The molecule has 0 atom stereocenters. The van der Waals surface area contributed by atoms with Gasteiger partial charge < -0.3 is 4.57 Å². The van der Waals surface area contributed by atoms with Crippen LogP contribution in [0.15, 0.2) is 30.6 Å². The standard InChI is InChI=1S/C14H15FN2O/c1-3-17-7-6-16-14(17)9-13(18)12-5-4-11(15)8-10(12)2/h4-8H,3,9H2,1-2H3. The van der Waals surface area contributed by atoms with Crippen molar-refractivity contribution in [3.63, 3.8) is 0 Å². The van der Waals surface area contributed by atoms with E-state index < -0.39 is 0 Å². The Labute approximate surface area is 105 Å². The van der Waals surface area contributed by atoms with E-state index in [-0.39, 0.29) is 18.0 Å². The molecule has 4 heteroatoms. The zero-order valence-corrected chi connectivity index (χ0v) is 10.5. The van der Waals surface area contributed by atoms with E-state index in [9.17, 15) is 9.18 Å². The molecule has 0 saturated carbocycles. The number of ketones is 1. The molecule has 0 spiro atoms. The normalized spacial score (nSPS) is 10.6. The van der Waals surface area contributed by atoms with Crippen molar-refractivity contribution in [1.82, 2.24) is 9.55 Å². The monoisotopic (exact) mass is 246 g/mol. The first kappa shape index (κ1) is 12.5. The highest BCUT2D eigenvalue weighted by Gasteiger charge is 2.13. The number of hydrogen-bond acceptors (Lipinski definition) is 2. The molecular weight excluding hydrogens is 231 g/mol. The van der Waals surface area contributed by atoms with Gasteiger partial charge in [-0.3, -0.25) is 4.79 Å². The second-order valence-electron chi connectivity index (χ2n) is 4.19. The van der Waals surface area contributed by atoms with Crippen molar-refractivity contribution < 1.29 is 9.18 Å². The quantitative estimate of drug-likeness (QED) is 0.777. The predicted molar refractivity (Wildman–Crippen MR) is 67.1 cm³/mol. The van der Waals surface area contributed by atoms with Crippen molar-refractivity contribution in [2.24, 2.45) is 0 Å². The smallest absolute Gasteiger partial charge is 0.170 e. The van der Waals surface area contributed by atoms with E-state index in [1.807, 2.05) is 17.7 Å². The van der Waals surface area contributed by atoms with Gasteiger partial charge in [-0.25, -0.2) is 9.37 Å². The molecule has 1 aromatic heterocycles. The summed E-state index contributed by atoms with van der Waals surface area (Å²) in [5, 5.41) is 0. The second-order valence-corrected chi connectivity index (χ2v) is 4.19. The van der Waals surface area contributed by atoms with E-state index in [1.54, 1.807) is 13.1 Å². The highest BCUT2D eigenvalue weighted by molar-refractivity contribution is 5.98. The maximum Gasteiger partial charge on any atom is 0.170 e. The van der Waals surface area contributed by atoms with Gasteiger partial charge in [-0.1, -0.05) is 0 Å². The van der Waals surface area contributed by atoms with E-state index in [0.717, 1.165) is 12.4 Å². The van der Waals surface area contributed by atoms with Crippen molar-refractivity contribution >= 4 is 5.78 Å². The summed E-state index contributed by atoms with van der Waals surface area (Å²) < 4.78 is 14.9. The summed E-state index contributed by atoms with van der Waals surface area (Å²) in [6.07, 6.45) is 3.77. The summed E-state index contributed by atoms with van der Waals surface area (Å²) in [6, 6.07) is 4.22. The van der Waals surface area contributed by atoms with Gasteiger partial charge in [0.2, 0.25) is 0 Å². The van der Waals surface area contributed by atoms with Crippen LogP contribution >= 0.6 is 0 Å². The number of halogens is 1. The summed E-state index contributed by atoms with van der Waals surface area (Å²) >= 11 is 0. The minimum Gasteiger partial charge on any atom is -0.335 e. The average Bonchev–Trinajstić information content (AvgIpc) is 2.76. The number of aryl methyl sites for hydroxylation is 2. The van der Waals surface area contributed by atoms with Gasteiger partial charge in [0.1, 0.15) is 11.6 Å². The maximum atomic E-state index is 13.0. The lowest BCUT2D eigenvalue weighted by molar-refractivity contribution is 0.0989. The fourth-order valence-electron chi connectivity index (χ4n) is 1.97. The Morgan fingerprint density at radius 1 is 1.44 bits per heavy atom. The van der Waals surface area contributed by atoms with Crippen LogP contribution in [0.3, 0.4) is 0 Å². The number of carbonyl (C=O) groups is 1. The minimum absolute atomic E-state index is 0.0339. The highest BCUT2D eigenvalue weighted by atomic mass is 19.1. The molecule has 1 aromatic carbocycles. The number of Topliss-reactive ketones (excluding diaryl/α,β-unsaturated/α-hetero) is 1. The maximum absolute atomic E-state index is 13.0. The van der Waals surface area contributed by atoms with Gasteiger partial charge in [0.15, 0.2) is 5.78 Å². The molecule has 3 nitrogen and oxygen atoms in total. The SMILES string of the molecule is CCn1ccnc1CC(=O)c1ccc(F)cc1C. The van der Waals surface area contributed by atoms with Gasteiger partial charge in [0.05, 0.1) is 6.42 Å². The van der Waals surface area contributed by atoms with E-state index in [2.05, 4.69) is 4.98 Å². The Morgan fingerprint density at radius 2 is 2.22 bits per heavy atom. The third-order valence-electron chi connectivity index (χ3n) is 2.95. The van der Waals surface area contributed by atoms with Crippen molar-refractivity contribution in [1.29, 1.82) is 0 Å². The summed E-state index contributed by atoms with van der Waals surface area (Å²) in [7, 11) is 0. The highest BCUT2D eigenvalue weighted by Crippen LogP contribution is 2.13. The fraction of sp³-hybridized carbons (Fsp3) is 0.286. The first-order chi connectivity index (χ1) is 8.61. The van der Waals surface area contributed by atoms with Crippen LogP contribution in [-0.4, -0.2) is 15.3 Å². The van der Waals surface area contributed by atoms with Gasteiger partial charge in [-0.15, -0.1) is 0 Å².